The van der Waals surface area contributed by atoms with E-state index in [1.54, 1.807) is 0 Å². The number of hydrogen-bond donors (Lipinski definition) is 1. The molecule has 3 heteroatoms. The second-order valence-corrected chi connectivity index (χ2v) is 5.28. The van der Waals surface area contributed by atoms with Crippen LogP contribution in [0.3, 0.4) is 0 Å². The van der Waals surface area contributed by atoms with Gasteiger partial charge in [-0.2, -0.15) is 0 Å². The summed E-state index contributed by atoms with van der Waals surface area (Å²) in [7, 11) is 0. The summed E-state index contributed by atoms with van der Waals surface area (Å²) in [6.45, 7) is 4.84. The molecule has 2 rings (SSSR count). The molecule has 0 aromatic heterocycles. The van der Waals surface area contributed by atoms with Crippen LogP contribution >= 0.6 is 0 Å². The Morgan fingerprint density at radius 1 is 1.00 bits per heavy atom. The molecule has 0 aliphatic heterocycles. The van der Waals surface area contributed by atoms with Gasteiger partial charge in [0.05, 0.1) is 5.69 Å². The van der Waals surface area contributed by atoms with Gasteiger partial charge in [0, 0.05) is 18.5 Å². The van der Waals surface area contributed by atoms with Gasteiger partial charge >= 0.3 is 0 Å². The number of para-hydroxylation sites is 1. The first-order valence-corrected chi connectivity index (χ1v) is 7.97. The van der Waals surface area contributed by atoms with Gasteiger partial charge < -0.3 is 0 Å². The van der Waals surface area contributed by atoms with Gasteiger partial charge in [-0.3, -0.25) is 15.2 Å². The summed E-state index contributed by atoms with van der Waals surface area (Å²) in [5.74, 6) is 0.0407. The highest BCUT2D eigenvalue weighted by Gasteiger charge is 2.13. The molecule has 0 heterocycles. The number of unbranched alkanes of at least 4 members (excludes halogenated alkanes) is 1. The summed E-state index contributed by atoms with van der Waals surface area (Å²) >= 11 is 0. The van der Waals surface area contributed by atoms with Crippen molar-refractivity contribution in [2.45, 2.75) is 33.1 Å². The number of nitrogens with one attached hydrogen (secondary N) is 1. The number of amides is 1. The number of carbonyl (C=O) groups is 1. The first-order valence-electron chi connectivity index (χ1n) is 7.97. The lowest BCUT2D eigenvalue weighted by Crippen LogP contribution is -2.43. The molecule has 3 nitrogen and oxygen atoms in total. The van der Waals surface area contributed by atoms with E-state index in [-0.39, 0.29) is 5.91 Å². The van der Waals surface area contributed by atoms with E-state index in [2.05, 4.69) is 36.6 Å². The van der Waals surface area contributed by atoms with Crippen LogP contribution in [-0.4, -0.2) is 12.5 Å². The minimum atomic E-state index is 0.0407. The summed E-state index contributed by atoms with van der Waals surface area (Å²) in [5, 5.41) is 1.98. The molecular weight excluding hydrogens is 272 g/mol. The molecule has 2 aromatic rings. The Hall–Kier alpha value is -2.29. The highest BCUT2D eigenvalue weighted by molar-refractivity contribution is 5.82. The zero-order valence-electron chi connectivity index (χ0n) is 13.4. The third-order valence-corrected chi connectivity index (χ3v) is 3.60. The first-order chi connectivity index (χ1) is 10.8. The van der Waals surface area contributed by atoms with E-state index < -0.39 is 0 Å². The topological polar surface area (TPSA) is 32.3 Å². The first kappa shape index (κ1) is 16.1. The van der Waals surface area contributed by atoms with Gasteiger partial charge in [-0.15, -0.1) is 0 Å². The summed E-state index contributed by atoms with van der Waals surface area (Å²) in [6, 6.07) is 18.5. The molecule has 0 aliphatic rings. The van der Waals surface area contributed by atoms with E-state index in [0.717, 1.165) is 36.2 Å². The summed E-state index contributed by atoms with van der Waals surface area (Å²) < 4.78 is 0. The van der Waals surface area contributed by atoms with Gasteiger partial charge in [-0.05, 0) is 18.1 Å². The molecule has 2 aromatic carbocycles. The molecule has 0 fully saturated rings. The van der Waals surface area contributed by atoms with Crippen molar-refractivity contribution in [2.24, 2.45) is 0 Å². The number of hydrazine groups is 1. The van der Waals surface area contributed by atoms with Gasteiger partial charge in [-0.25, -0.2) is 0 Å². The average Bonchev–Trinajstić information content (AvgIpc) is 2.59. The van der Waals surface area contributed by atoms with Gasteiger partial charge in [0.2, 0.25) is 5.91 Å². The molecule has 1 amide bonds. The molecule has 0 atom stereocenters. The fourth-order valence-electron chi connectivity index (χ4n) is 2.35. The van der Waals surface area contributed by atoms with Crippen molar-refractivity contribution in [1.82, 2.24) is 5.43 Å². The van der Waals surface area contributed by atoms with Crippen LogP contribution in [0.2, 0.25) is 0 Å². The van der Waals surface area contributed by atoms with Crippen molar-refractivity contribution in [1.29, 1.82) is 0 Å². The SMILES string of the molecule is CCCCN(NC(=O)CC)c1ccccc1-c1ccccc1. The molecule has 22 heavy (non-hydrogen) atoms. The van der Waals surface area contributed by atoms with Crippen molar-refractivity contribution in [2.75, 3.05) is 11.6 Å². The van der Waals surface area contributed by atoms with Gasteiger partial charge in [0.25, 0.3) is 0 Å². The molecule has 0 aliphatic carbocycles. The zero-order valence-corrected chi connectivity index (χ0v) is 13.4. The number of anilines is 1. The number of carbonyl (C=O) groups excluding carboxylic acids is 1. The van der Waals surface area contributed by atoms with Crippen molar-refractivity contribution in [3.8, 4) is 11.1 Å². The number of nitrogens with zero attached hydrogens (tertiary/aromatic N) is 1. The third kappa shape index (κ3) is 4.10. The molecule has 0 unspecified atom stereocenters. The quantitative estimate of drug-likeness (QED) is 0.768. The van der Waals surface area contributed by atoms with Crippen LogP contribution < -0.4 is 10.4 Å². The number of hydrogen-bond acceptors (Lipinski definition) is 2. The smallest absolute Gasteiger partial charge is 0.238 e. The van der Waals surface area contributed by atoms with Crippen LogP contribution in [0.5, 0.6) is 0 Å². The molecule has 0 saturated heterocycles. The zero-order chi connectivity index (χ0) is 15.8. The summed E-state index contributed by atoms with van der Waals surface area (Å²) in [5.41, 5.74) is 6.36. The Morgan fingerprint density at radius 3 is 2.36 bits per heavy atom. The standard InChI is InChI=1S/C19H24N2O/c1-3-5-15-21(20-19(22)4-2)18-14-10-9-13-17(18)16-11-7-6-8-12-16/h6-14H,3-5,15H2,1-2H3,(H,20,22). The van der Waals surface area contributed by atoms with Gasteiger partial charge in [-0.1, -0.05) is 68.8 Å². The molecule has 0 radical (unpaired) electrons. The van der Waals surface area contributed by atoms with Crippen LogP contribution in [0.4, 0.5) is 5.69 Å². The van der Waals surface area contributed by atoms with E-state index >= 15 is 0 Å². The maximum Gasteiger partial charge on any atom is 0.238 e. The molecule has 1 N–H and O–H groups in total. The summed E-state index contributed by atoms with van der Waals surface area (Å²) in [4.78, 5) is 11.9. The average molecular weight is 296 g/mol. The second kappa shape index (κ2) is 8.23. The Labute approximate surface area is 132 Å². The van der Waals surface area contributed by atoms with Crippen LogP contribution in [0.25, 0.3) is 11.1 Å². The van der Waals surface area contributed by atoms with E-state index in [0.29, 0.717) is 6.42 Å². The van der Waals surface area contributed by atoms with E-state index in [4.69, 9.17) is 0 Å². The van der Waals surface area contributed by atoms with E-state index in [1.165, 1.54) is 0 Å². The Bertz CT molecular complexity index is 595. The number of rotatable bonds is 7. The van der Waals surface area contributed by atoms with Gasteiger partial charge in [0.15, 0.2) is 0 Å². The van der Waals surface area contributed by atoms with Crippen molar-refractivity contribution < 1.29 is 4.79 Å². The van der Waals surface area contributed by atoms with Gasteiger partial charge in [0.1, 0.15) is 0 Å². The normalized spacial score (nSPS) is 10.3. The minimum Gasteiger partial charge on any atom is -0.285 e. The van der Waals surface area contributed by atoms with Crippen molar-refractivity contribution in [3.63, 3.8) is 0 Å². The third-order valence-electron chi connectivity index (χ3n) is 3.60. The highest BCUT2D eigenvalue weighted by Crippen LogP contribution is 2.30. The minimum absolute atomic E-state index is 0.0407. The molecule has 0 saturated carbocycles. The van der Waals surface area contributed by atoms with Crippen LogP contribution in [-0.2, 0) is 4.79 Å². The molecular formula is C19H24N2O. The number of benzene rings is 2. The van der Waals surface area contributed by atoms with Crippen molar-refractivity contribution >= 4 is 11.6 Å². The Morgan fingerprint density at radius 2 is 1.68 bits per heavy atom. The molecule has 116 valence electrons. The van der Waals surface area contributed by atoms with Crippen molar-refractivity contribution in [3.05, 3.63) is 54.6 Å². The second-order valence-electron chi connectivity index (χ2n) is 5.28. The lowest BCUT2D eigenvalue weighted by molar-refractivity contribution is -0.120. The predicted molar refractivity (Wildman–Crippen MR) is 92.6 cm³/mol. The largest absolute Gasteiger partial charge is 0.285 e. The highest BCUT2D eigenvalue weighted by atomic mass is 16.2. The fraction of sp³-hybridized carbons (Fsp3) is 0.316. The maximum atomic E-state index is 11.9. The molecule has 0 bridgehead atoms. The lowest BCUT2D eigenvalue weighted by atomic mass is 10.0. The van der Waals surface area contributed by atoms with Crippen LogP contribution in [0.1, 0.15) is 33.1 Å². The monoisotopic (exact) mass is 296 g/mol. The lowest BCUT2D eigenvalue weighted by Gasteiger charge is -2.27. The fourth-order valence-corrected chi connectivity index (χ4v) is 2.35. The Kier molecular flexibility index (Phi) is 6.01. The predicted octanol–water partition coefficient (Wildman–Crippen LogP) is 4.40. The van der Waals surface area contributed by atoms with Crippen LogP contribution in [0, 0.1) is 0 Å². The van der Waals surface area contributed by atoms with Crippen LogP contribution in [0.15, 0.2) is 54.6 Å². The Balaban J connectivity index is 2.36. The maximum absolute atomic E-state index is 11.9. The van der Waals surface area contributed by atoms with E-state index in [1.807, 2.05) is 42.3 Å². The summed E-state index contributed by atoms with van der Waals surface area (Å²) in [6.07, 6.45) is 2.61. The molecule has 0 spiro atoms. The van der Waals surface area contributed by atoms with E-state index in [9.17, 15) is 4.79 Å².